The maximum atomic E-state index is 10.7. The highest BCUT2D eigenvalue weighted by Gasteiger charge is 2.08. The van der Waals surface area contributed by atoms with Gasteiger partial charge in [-0.1, -0.05) is 30.7 Å². The summed E-state index contributed by atoms with van der Waals surface area (Å²) in [5.74, 6) is -0.149. The molecule has 0 aliphatic heterocycles. The van der Waals surface area contributed by atoms with Gasteiger partial charge in [-0.3, -0.25) is 4.79 Å². The fraction of sp³-hybridized carbons (Fsp3) is 0.300. The van der Waals surface area contributed by atoms with Gasteiger partial charge in [0.15, 0.2) is 0 Å². The van der Waals surface area contributed by atoms with Crippen LogP contribution in [0.1, 0.15) is 24.8 Å². The molecule has 0 fully saturated rings. The molecule has 0 spiro atoms. The van der Waals surface area contributed by atoms with E-state index in [4.69, 9.17) is 17.3 Å². The highest BCUT2D eigenvalue weighted by atomic mass is 35.5. The molecule has 1 aromatic carbocycles. The topological polar surface area (TPSA) is 43.1 Å². The van der Waals surface area contributed by atoms with Crippen molar-refractivity contribution in [2.24, 2.45) is 5.73 Å². The van der Waals surface area contributed by atoms with Crippen LogP contribution in [0.25, 0.3) is 0 Å². The molecule has 1 rings (SSSR count). The molecule has 0 aliphatic carbocycles. The smallest absolute Gasteiger partial charge is 0.218 e. The van der Waals surface area contributed by atoms with E-state index in [1.165, 1.54) is 0 Å². The zero-order valence-electron chi connectivity index (χ0n) is 7.46. The molecule has 0 heterocycles. The highest BCUT2D eigenvalue weighted by molar-refractivity contribution is 6.30. The maximum Gasteiger partial charge on any atom is 0.218 e. The van der Waals surface area contributed by atoms with Crippen LogP contribution in [0, 0.1) is 0 Å². The van der Waals surface area contributed by atoms with E-state index in [1.807, 2.05) is 31.2 Å². The summed E-state index contributed by atoms with van der Waals surface area (Å²) >= 11 is 5.81. The molecular weight excluding hydrogens is 186 g/mol. The number of carbonyl (C=O) groups is 1. The first-order chi connectivity index (χ1) is 6.09. The van der Waals surface area contributed by atoms with Gasteiger partial charge in [0.05, 0.1) is 0 Å². The van der Waals surface area contributed by atoms with Gasteiger partial charge in [0.2, 0.25) is 5.91 Å². The lowest BCUT2D eigenvalue weighted by atomic mass is 9.98. The first kappa shape index (κ1) is 10.1. The number of hydrogen-bond donors (Lipinski definition) is 1. The van der Waals surface area contributed by atoms with E-state index in [1.54, 1.807) is 0 Å². The number of amides is 1. The fourth-order valence-corrected chi connectivity index (χ4v) is 1.43. The molecule has 1 unspecified atom stereocenters. The molecule has 2 nitrogen and oxygen atoms in total. The standard InChI is InChI=1S/C10H12ClNO/c1-7(5-10(12)13)8-3-2-4-9(11)6-8/h2-4,6-7H,5H2,1H3,(H2,12,13). The lowest BCUT2D eigenvalue weighted by molar-refractivity contribution is -0.118. The number of rotatable bonds is 3. The summed E-state index contributed by atoms with van der Waals surface area (Å²) in [4.78, 5) is 10.7. The number of carbonyl (C=O) groups excluding carboxylic acids is 1. The van der Waals surface area contributed by atoms with Crippen LogP contribution >= 0.6 is 11.6 Å². The molecule has 0 radical (unpaired) electrons. The summed E-state index contributed by atoms with van der Waals surface area (Å²) in [6.07, 6.45) is 0.361. The van der Waals surface area contributed by atoms with Crippen LogP contribution in [0.4, 0.5) is 0 Å². The fourth-order valence-electron chi connectivity index (χ4n) is 1.23. The molecular formula is C10H12ClNO. The van der Waals surface area contributed by atoms with E-state index >= 15 is 0 Å². The van der Waals surface area contributed by atoms with Crippen LogP contribution in [-0.4, -0.2) is 5.91 Å². The zero-order valence-corrected chi connectivity index (χ0v) is 8.21. The summed E-state index contributed by atoms with van der Waals surface area (Å²) in [6, 6.07) is 7.48. The Labute approximate surface area is 82.7 Å². The summed E-state index contributed by atoms with van der Waals surface area (Å²) in [7, 11) is 0. The van der Waals surface area contributed by atoms with Crippen LogP contribution in [0.15, 0.2) is 24.3 Å². The van der Waals surface area contributed by atoms with Gasteiger partial charge in [-0.2, -0.15) is 0 Å². The van der Waals surface area contributed by atoms with Crippen LogP contribution in [-0.2, 0) is 4.79 Å². The van der Waals surface area contributed by atoms with Crippen molar-refractivity contribution >= 4 is 17.5 Å². The van der Waals surface area contributed by atoms with Crippen molar-refractivity contribution in [2.75, 3.05) is 0 Å². The zero-order chi connectivity index (χ0) is 9.84. The van der Waals surface area contributed by atoms with E-state index in [-0.39, 0.29) is 11.8 Å². The third kappa shape index (κ3) is 3.07. The molecule has 2 N–H and O–H groups in total. The van der Waals surface area contributed by atoms with Crippen molar-refractivity contribution in [2.45, 2.75) is 19.3 Å². The predicted octanol–water partition coefficient (Wildman–Crippen LogP) is 2.32. The Morgan fingerprint density at radius 2 is 2.31 bits per heavy atom. The van der Waals surface area contributed by atoms with E-state index in [2.05, 4.69) is 0 Å². The van der Waals surface area contributed by atoms with Crippen molar-refractivity contribution in [3.05, 3.63) is 34.9 Å². The Morgan fingerprint density at radius 3 is 2.85 bits per heavy atom. The quantitative estimate of drug-likeness (QED) is 0.794. The van der Waals surface area contributed by atoms with Crippen molar-refractivity contribution in [1.29, 1.82) is 0 Å². The van der Waals surface area contributed by atoms with Gasteiger partial charge < -0.3 is 5.73 Å². The van der Waals surface area contributed by atoms with E-state index in [0.29, 0.717) is 11.4 Å². The second-order valence-electron chi connectivity index (χ2n) is 3.13. The van der Waals surface area contributed by atoms with Crippen LogP contribution in [0.3, 0.4) is 0 Å². The lowest BCUT2D eigenvalue weighted by Crippen LogP contribution is -2.13. The molecule has 0 saturated heterocycles. The van der Waals surface area contributed by atoms with E-state index in [0.717, 1.165) is 5.56 Å². The number of halogens is 1. The summed E-state index contributed by atoms with van der Waals surface area (Å²) in [5, 5.41) is 0.689. The number of primary amides is 1. The van der Waals surface area contributed by atoms with Crippen molar-refractivity contribution < 1.29 is 4.79 Å². The molecule has 1 atom stereocenters. The summed E-state index contributed by atoms with van der Waals surface area (Å²) < 4.78 is 0. The Morgan fingerprint density at radius 1 is 1.62 bits per heavy atom. The minimum atomic E-state index is -0.285. The van der Waals surface area contributed by atoms with Gasteiger partial charge >= 0.3 is 0 Å². The van der Waals surface area contributed by atoms with Crippen molar-refractivity contribution in [3.8, 4) is 0 Å². The third-order valence-electron chi connectivity index (χ3n) is 1.93. The van der Waals surface area contributed by atoms with Gasteiger partial charge in [-0.25, -0.2) is 0 Å². The first-order valence-corrected chi connectivity index (χ1v) is 4.51. The number of benzene rings is 1. The number of nitrogens with two attached hydrogens (primary N) is 1. The summed E-state index contributed by atoms with van der Waals surface area (Å²) in [5.41, 5.74) is 6.14. The average Bonchev–Trinajstić information content (AvgIpc) is 2.03. The van der Waals surface area contributed by atoms with Crippen LogP contribution in [0.5, 0.6) is 0 Å². The maximum absolute atomic E-state index is 10.7. The molecule has 70 valence electrons. The molecule has 1 aromatic rings. The largest absolute Gasteiger partial charge is 0.370 e. The number of hydrogen-bond acceptors (Lipinski definition) is 1. The first-order valence-electron chi connectivity index (χ1n) is 4.13. The third-order valence-corrected chi connectivity index (χ3v) is 2.16. The van der Waals surface area contributed by atoms with Gasteiger partial charge in [-0.05, 0) is 23.6 Å². The highest BCUT2D eigenvalue weighted by Crippen LogP contribution is 2.21. The van der Waals surface area contributed by atoms with Crippen molar-refractivity contribution in [1.82, 2.24) is 0 Å². The molecule has 0 saturated carbocycles. The Hall–Kier alpha value is -1.02. The predicted molar refractivity (Wildman–Crippen MR) is 53.7 cm³/mol. The van der Waals surface area contributed by atoms with E-state index in [9.17, 15) is 4.79 Å². The van der Waals surface area contributed by atoms with Gasteiger partial charge in [0.25, 0.3) is 0 Å². The van der Waals surface area contributed by atoms with Crippen LogP contribution in [0.2, 0.25) is 5.02 Å². The molecule has 3 heteroatoms. The minimum absolute atomic E-state index is 0.135. The molecule has 0 aliphatic rings. The second kappa shape index (κ2) is 4.28. The van der Waals surface area contributed by atoms with Crippen molar-refractivity contribution in [3.63, 3.8) is 0 Å². The molecule has 0 aromatic heterocycles. The van der Waals surface area contributed by atoms with Gasteiger partial charge in [0, 0.05) is 11.4 Å². The lowest BCUT2D eigenvalue weighted by Gasteiger charge is -2.09. The second-order valence-corrected chi connectivity index (χ2v) is 3.56. The molecule has 0 bridgehead atoms. The average molecular weight is 198 g/mol. The van der Waals surface area contributed by atoms with Gasteiger partial charge in [0.1, 0.15) is 0 Å². The molecule has 13 heavy (non-hydrogen) atoms. The Kier molecular flexibility index (Phi) is 3.32. The normalized spacial score (nSPS) is 12.5. The Bertz CT molecular complexity index is 312. The monoisotopic (exact) mass is 197 g/mol. The van der Waals surface area contributed by atoms with E-state index < -0.39 is 0 Å². The minimum Gasteiger partial charge on any atom is -0.370 e. The van der Waals surface area contributed by atoms with Crippen LogP contribution < -0.4 is 5.73 Å². The summed E-state index contributed by atoms with van der Waals surface area (Å²) in [6.45, 7) is 1.95. The Balaban J connectivity index is 2.76. The SMILES string of the molecule is CC(CC(N)=O)c1cccc(Cl)c1. The van der Waals surface area contributed by atoms with Gasteiger partial charge in [-0.15, -0.1) is 0 Å². The molecule has 1 amide bonds.